The molecule has 1 aromatic rings. The van der Waals surface area contributed by atoms with Gasteiger partial charge in [0.2, 0.25) is 0 Å². The molecule has 5 aliphatic rings. The molecular formula is C17H18. The van der Waals surface area contributed by atoms with Crippen molar-refractivity contribution in [2.24, 2.45) is 35.5 Å². The number of aryl methyl sites for hydroxylation is 1. The lowest BCUT2D eigenvalue weighted by Crippen LogP contribution is -2.13. The second-order valence-electron chi connectivity index (χ2n) is 6.78. The average molecular weight is 222 g/mol. The summed E-state index contributed by atoms with van der Waals surface area (Å²) in [6, 6.07) is 9.23. The summed E-state index contributed by atoms with van der Waals surface area (Å²) >= 11 is 0. The van der Waals surface area contributed by atoms with E-state index in [0.717, 1.165) is 35.5 Å². The van der Waals surface area contributed by atoms with E-state index < -0.39 is 0 Å². The smallest absolute Gasteiger partial charge is 0.00824 e. The van der Waals surface area contributed by atoms with Gasteiger partial charge in [-0.25, -0.2) is 0 Å². The van der Waals surface area contributed by atoms with Crippen LogP contribution in [0, 0.1) is 42.4 Å². The van der Waals surface area contributed by atoms with E-state index in [1.54, 1.807) is 11.1 Å². The van der Waals surface area contributed by atoms with Crippen molar-refractivity contribution in [1.82, 2.24) is 0 Å². The van der Waals surface area contributed by atoms with Gasteiger partial charge in [-0.3, -0.25) is 0 Å². The van der Waals surface area contributed by atoms with E-state index in [2.05, 4.69) is 37.8 Å². The Labute approximate surface area is 103 Å². The normalized spacial score (nSPS) is 52.3. The van der Waals surface area contributed by atoms with E-state index in [4.69, 9.17) is 0 Å². The van der Waals surface area contributed by atoms with Crippen LogP contribution in [0.5, 0.6) is 0 Å². The van der Waals surface area contributed by atoms with Gasteiger partial charge in [-0.15, -0.1) is 0 Å². The molecule has 7 atom stereocenters. The van der Waals surface area contributed by atoms with Crippen molar-refractivity contribution in [2.45, 2.75) is 19.3 Å². The van der Waals surface area contributed by atoms with Gasteiger partial charge in [0.05, 0.1) is 0 Å². The fourth-order valence-electron chi connectivity index (χ4n) is 5.87. The van der Waals surface area contributed by atoms with Gasteiger partial charge in [0, 0.05) is 5.92 Å². The van der Waals surface area contributed by atoms with Crippen molar-refractivity contribution in [3.8, 4) is 0 Å². The summed E-state index contributed by atoms with van der Waals surface area (Å²) in [7, 11) is 0. The van der Waals surface area contributed by atoms with Crippen molar-refractivity contribution in [1.29, 1.82) is 0 Å². The maximum absolute atomic E-state index is 4.47. The number of hydrogen-bond acceptors (Lipinski definition) is 0. The molecule has 0 aromatic heterocycles. The molecule has 86 valence electrons. The molecule has 3 unspecified atom stereocenters. The SMILES string of the molecule is C=C1C(c2ccc(C)cc2)[C@H]2C3CC4[C@H]2[C@@H]4[C@H]13. The molecule has 0 amide bonds. The average Bonchev–Trinajstić information content (AvgIpc) is 2.71. The third kappa shape index (κ3) is 0.832. The monoisotopic (exact) mass is 222 g/mol. The van der Waals surface area contributed by atoms with E-state index in [9.17, 15) is 0 Å². The summed E-state index contributed by atoms with van der Waals surface area (Å²) in [6.07, 6.45) is 1.53. The molecule has 0 heteroatoms. The second kappa shape index (κ2) is 2.53. The minimum atomic E-state index is 0.708. The number of hydrogen-bond donors (Lipinski definition) is 0. The highest BCUT2D eigenvalue weighted by Crippen LogP contribution is 2.84. The van der Waals surface area contributed by atoms with Crippen LogP contribution in [0.15, 0.2) is 36.4 Å². The van der Waals surface area contributed by atoms with Crippen LogP contribution in [0.4, 0.5) is 0 Å². The molecule has 0 N–H and O–H groups in total. The van der Waals surface area contributed by atoms with Crippen molar-refractivity contribution in [2.75, 3.05) is 0 Å². The molecule has 5 fully saturated rings. The summed E-state index contributed by atoms with van der Waals surface area (Å²) < 4.78 is 0. The molecule has 5 saturated carbocycles. The first-order valence-corrected chi connectivity index (χ1v) is 7.02. The van der Waals surface area contributed by atoms with Crippen LogP contribution in [0.3, 0.4) is 0 Å². The van der Waals surface area contributed by atoms with Gasteiger partial charge in [-0.2, -0.15) is 0 Å². The fourth-order valence-corrected chi connectivity index (χ4v) is 5.87. The molecule has 6 bridgehead atoms. The zero-order chi connectivity index (χ0) is 11.3. The summed E-state index contributed by atoms with van der Waals surface area (Å²) in [6.45, 7) is 6.65. The summed E-state index contributed by atoms with van der Waals surface area (Å²) in [5.41, 5.74) is 4.50. The van der Waals surface area contributed by atoms with Crippen LogP contribution >= 0.6 is 0 Å². The number of benzene rings is 1. The number of rotatable bonds is 1. The maximum Gasteiger partial charge on any atom is 0.00824 e. The Morgan fingerprint density at radius 2 is 1.76 bits per heavy atom. The van der Waals surface area contributed by atoms with Crippen LogP contribution in [0.25, 0.3) is 0 Å². The highest BCUT2D eigenvalue weighted by atomic mass is 14.8. The Bertz CT molecular complexity index is 523. The predicted molar refractivity (Wildman–Crippen MR) is 68.6 cm³/mol. The third-order valence-corrected chi connectivity index (χ3v) is 6.30. The summed E-state index contributed by atoms with van der Waals surface area (Å²) in [5.74, 6) is 6.92. The van der Waals surface area contributed by atoms with Crippen molar-refractivity contribution < 1.29 is 0 Å². The highest BCUT2D eigenvalue weighted by molar-refractivity contribution is 5.45. The zero-order valence-corrected chi connectivity index (χ0v) is 10.3. The van der Waals surface area contributed by atoms with Gasteiger partial charge >= 0.3 is 0 Å². The molecular weight excluding hydrogens is 204 g/mol. The molecule has 17 heavy (non-hydrogen) atoms. The van der Waals surface area contributed by atoms with Crippen molar-refractivity contribution in [3.63, 3.8) is 0 Å². The Kier molecular flexibility index (Phi) is 1.33. The lowest BCUT2D eigenvalue weighted by atomic mass is 9.80. The summed E-state index contributed by atoms with van der Waals surface area (Å²) in [4.78, 5) is 0. The van der Waals surface area contributed by atoms with Crippen LogP contribution in [-0.2, 0) is 0 Å². The molecule has 1 aromatic carbocycles. The first kappa shape index (κ1) is 8.97. The number of allylic oxidation sites excluding steroid dienone is 1. The Morgan fingerprint density at radius 3 is 2.41 bits per heavy atom. The molecule has 5 aliphatic carbocycles. The lowest BCUT2D eigenvalue weighted by molar-refractivity contribution is 0.412. The Morgan fingerprint density at radius 1 is 1.00 bits per heavy atom. The van der Waals surface area contributed by atoms with Gasteiger partial charge in [0.1, 0.15) is 0 Å². The van der Waals surface area contributed by atoms with Gasteiger partial charge in [-0.05, 0) is 54.4 Å². The van der Waals surface area contributed by atoms with E-state index in [0.29, 0.717) is 5.92 Å². The minimum Gasteiger partial charge on any atom is -0.0989 e. The highest BCUT2D eigenvalue weighted by Gasteiger charge is 2.78. The fraction of sp³-hybridized carbons (Fsp3) is 0.529. The van der Waals surface area contributed by atoms with Gasteiger partial charge in [0.25, 0.3) is 0 Å². The standard InChI is InChI=1S/C17H18/c1-8-3-5-10(6-4-8)13-9(2)14-11-7-12-16(14)17(12)15(11)13/h3-6,11-17H,2,7H2,1H3/t11?,12?,13?,14-,15-,16+,17-/m1/s1. The van der Waals surface area contributed by atoms with E-state index in [1.807, 2.05) is 0 Å². The van der Waals surface area contributed by atoms with E-state index in [-0.39, 0.29) is 0 Å². The van der Waals surface area contributed by atoms with Crippen molar-refractivity contribution >= 4 is 0 Å². The Hall–Kier alpha value is -1.04. The molecule has 0 nitrogen and oxygen atoms in total. The molecule has 0 saturated heterocycles. The maximum atomic E-state index is 4.47. The molecule has 0 radical (unpaired) electrons. The predicted octanol–water partition coefficient (Wildman–Crippen LogP) is 3.78. The van der Waals surface area contributed by atoms with E-state index in [1.165, 1.54) is 12.0 Å². The van der Waals surface area contributed by atoms with Crippen LogP contribution < -0.4 is 0 Å². The quantitative estimate of drug-likeness (QED) is 0.634. The van der Waals surface area contributed by atoms with Crippen molar-refractivity contribution in [3.05, 3.63) is 47.5 Å². The largest absolute Gasteiger partial charge is 0.0989 e. The lowest BCUT2D eigenvalue weighted by Gasteiger charge is -2.24. The molecule has 0 spiro atoms. The van der Waals surface area contributed by atoms with Crippen LogP contribution in [0.2, 0.25) is 0 Å². The second-order valence-corrected chi connectivity index (χ2v) is 6.78. The minimum absolute atomic E-state index is 0.708. The van der Waals surface area contributed by atoms with Gasteiger partial charge in [0.15, 0.2) is 0 Å². The van der Waals surface area contributed by atoms with Crippen LogP contribution in [-0.4, -0.2) is 0 Å². The summed E-state index contributed by atoms with van der Waals surface area (Å²) in [5, 5.41) is 0. The first-order valence-electron chi connectivity index (χ1n) is 7.02. The Balaban J connectivity index is 1.61. The molecule has 0 heterocycles. The first-order chi connectivity index (χ1) is 8.27. The molecule has 6 rings (SSSR count). The third-order valence-electron chi connectivity index (χ3n) is 6.30. The zero-order valence-electron chi connectivity index (χ0n) is 10.3. The van der Waals surface area contributed by atoms with Crippen LogP contribution in [0.1, 0.15) is 23.5 Å². The van der Waals surface area contributed by atoms with Gasteiger partial charge < -0.3 is 0 Å². The van der Waals surface area contributed by atoms with Gasteiger partial charge in [-0.1, -0.05) is 42.0 Å². The topological polar surface area (TPSA) is 0 Å². The van der Waals surface area contributed by atoms with E-state index >= 15 is 0 Å². The molecule has 0 aliphatic heterocycles.